The van der Waals surface area contributed by atoms with Gasteiger partial charge >= 0.3 is 0 Å². The lowest BCUT2D eigenvalue weighted by molar-refractivity contribution is 0.0382. The number of rotatable bonds is 9. The molecular weight excluding hydrogens is 290 g/mol. The monoisotopic (exact) mass is 311 g/mol. The molecule has 7 nitrogen and oxygen atoms in total. The fourth-order valence-corrected chi connectivity index (χ4v) is 2.59. The summed E-state index contributed by atoms with van der Waals surface area (Å²) in [5, 5.41) is 20.7. The highest BCUT2D eigenvalue weighted by Crippen LogP contribution is 2.12. The molecule has 0 aliphatic heterocycles. The van der Waals surface area contributed by atoms with Gasteiger partial charge < -0.3 is 19.7 Å². The predicted octanol–water partition coefficient (Wildman–Crippen LogP) is 0.290. The normalized spacial score (nSPS) is 12.7. The Morgan fingerprint density at radius 2 is 2.38 bits per heavy atom. The molecule has 2 N–H and O–H groups in total. The molecule has 2 heterocycles. The SMILES string of the molecule is Cc1ncsc1CCOCC(O)CNCc1nncn1C. The van der Waals surface area contributed by atoms with Gasteiger partial charge in [0.15, 0.2) is 0 Å². The maximum Gasteiger partial charge on any atom is 0.146 e. The van der Waals surface area contributed by atoms with E-state index in [-0.39, 0.29) is 0 Å². The van der Waals surface area contributed by atoms with E-state index in [4.69, 9.17) is 4.74 Å². The van der Waals surface area contributed by atoms with Crippen LogP contribution in [0.5, 0.6) is 0 Å². The smallest absolute Gasteiger partial charge is 0.146 e. The van der Waals surface area contributed by atoms with Crippen molar-refractivity contribution in [1.29, 1.82) is 0 Å². The molecule has 2 aromatic rings. The number of aromatic nitrogens is 4. The number of thiazole rings is 1. The van der Waals surface area contributed by atoms with Crippen molar-refractivity contribution in [2.24, 2.45) is 7.05 Å². The fraction of sp³-hybridized carbons (Fsp3) is 0.615. The first-order valence-electron chi connectivity index (χ1n) is 6.85. The van der Waals surface area contributed by atoms with Gasteiger partial charge in [0.05, 0.1) is 37.1 Å². The van der Waals surface area contributed by atoms with Crippen molar-refractivity contribution in [1.82, 2.24) is 25.1 Å². The molecule has 0 aliphatic rings. The summed E-state index contributed by atoms with van der Waals surface area (Å²) in [6, 6.07) is 0. The van der Waals surface area contributed by atoms with Gasteiger partial charge in [-0.25, -0.2) is 4.98 Å². The summed E-state index contributed by atoms with van der Waals surface area (Å²) < 4.78 is 7.33. The zero-order valence-corrected chi connectivity index (χ0v) is 13.1. The molecule has 0 radical (unpaired) electrons. The van der Waals surface area contributed by atoms with Crippen LogP contribution in [0.1, 0.15) is 16.4 Å². The third-order valence-electron chi connectivity index (χ3n) is 3.10. The molecule has 8 heteroatoms. The number of aliphatic hydroxyl groups excluding tert-OH is 1. The molecule has 1 unspecified atom stereocenters. The minimum atomic E-state index is -0.527. The lowest BCUT2D eigenvalue weighted by Crippen LogP contribution is -2.31. The Labute approximate surface area is 128 Å². The molecule has 0 aromatic carbocycles. The molecule has 0 spiro atoms. The first-order valence-corrected chi connectivity index (χ1v) is 7.73. The van der Waals surface area contributed by atoms with Crippen LogP contribution in [0.25, 0.3) is 0 Å². The van der Waals surface area contributed by atoms with E-state index in [0.717, 1.165) is 17.9 Å². The van der Waals surface area contributed by atoms with Crippen molar-refractivity contribution in [2.45, 2.75) is 26.0 Å². The van der Waals surface area contributed by atoms with E-state index in [9.17, 15) is 5.11 Å². The van der Waals surface area contributed by atoms with Crippen LogP contribution in [0.2, 0.25) is 0 Å². The average Bonchev–Trinajstić information content (AvgIpc) is 3.04. The van der Waals surface area contributed by atoms with Crippen molar-refractivity contribution in [3.8, 4) is 0 Å². The van der Waals surface area contributed by atoms with Gasteiger partial charge in [0, 0.05) is 24.9 Å². The van der Waals surface area contributed by atoms with Crippen LogP contribution in [0.15, 0.2) is 11.8 Å². The number of nitrogens with one attached hydrogen (secondary N) is 1. The van der Waals surface area contributed by atoms with Crippen LogP contribution in [0.3, 0.4) is 0 Å². The van der Waals surface area contributed by atoms with Gasteiger partial charge in [-0.3, -0.25) is 0 Å². The quantitative estimate of drug-likeness (QED) is 0.648. The Balaban J connectivity index is 1.54. The zero-order chi connectivity index (χ0) is 15.1. The largest absolute Gasteiger partial charge is 0.389 e. The van der Waals surface area contributed by atoms with Crippen molar-refractivity contribution in [3.05, 3.63) is 28.2 Å². The molecule has 0 saturated carbocycles. The van der Waals surface area contributed by atoms with E-state index < -0.39 is 6.10 Å². The lowest BCUT2D eigenvalue weighted by atomic mass is 10.3. The summed E-state index contributed by atoms with van der Waals surface area (Å²) in [4.78, 5) is 5.43. The van der Waals surface area contributed by atoms with Crippen LogP contribution >= 0.6 is 11.3 Å². The van der Waals surface area contributed by atoms with Gasteiger partial charge in [0.25, 0.3) is 0 Å². The molecule has 2 aromatic heterocycles. The number of aryl methyl sites for hydroxylation is 2. The molecule has 1 atom stereocenters. The molecular formula is C13H21N5O2S. The summed E-state index contributed by atoms with van der Waals surface area (Å²) in [7, 11) is 1.89. The van der Waals surface area contributed by atoms with E-state index in [1.54, 1.807) is 17.7 Å². The van der Waals surface area contributed by atoms with Crippen LogP contribution in [0, 0.1) is 6.92 Å². The highest BCUT2D eigenvalue weighted by molar-refractivity contribution is 7.09. The highest BCUT2D eigenvalue weighted by atomic mass is 32.1. The van der Waals surface area contributed by atoms with Gasteiger partial charge in [0.2, 0.25) is 0 Å². The molecule has 116 valence electrons. The summed E-state index contributed by atoms with van der Waals surface area (Å²) >= 11 is 1.64. The Morgan fingerprint density at radius 1 is 1.52 bits per heavy atom. The first kappa shape index (κ1) is 16.0. The van der Waals surface area contributed by atoms with Crippen LogP contribution in [-0.2, 0) is 24.8 Å². The summed E-state index contributed by atoms with van der Waals surface area (Å²) in [5.41, 5.74) is 2.91. The van der Waals surface area contributed by atoms with Gasteiger partial charge in [-0.1, -0.05) is 0 Å². The van der Waals surface area contributed by atoms with E-state index >= 15 is 0 Å². The molecule has 21 heavy (non-hydrogen) atoms. The molecule has 2 rings (SSSR count). The Kier molecular flexibility index (Phi) is 6.24. The first-order chi connectivity index (χ1) is 10.2. The van der Waals surface area contributed by atoms with Crippen LogP contribution in [0.4, 0.5) is 0 Å². The highest BCUT2D eigenvalue weighted by Gasteiger charge is 2.06. The van der Waals surface area contributed by atoms with Crippen LogP contribution in [-0.4, -0.2) is 50.7 Å². The number of hydrogen-bond donors (Lipinski definition) is 2. The molecule has 0 saturated heterocycles. The summed E-state index contributed by atoms with van der Waals surface area (Å²) in [5.74, 6) is 0.837. The topological polar surface area (TPSA) is 85.1 Å². The van der Waals surface area contributed by atoms with Crippen molar-refractivity contribution >= 4 is 11.3 Å². The standard InChI is InChI=1S/C13H21N5O2S/c1-10-12(21-9-15-10)3-4-20-7-11(19)5-14-6-13-17-16-8-18(13)2/h8-9,11,14,19H,3-7H2,1-2H3. The maximum absolute atomic E-state index is 9.82. The number of hydrogen-bond acceptors (Lipinski definition) is 7. The Bertz CT molecular complexity index is 542. The van der Waals surface area contributed by atoms with Crippen LogP contribution < -0.4 is 5.32 Å². The molecule has 0 aliphatic carbocycles. The second-order valence-corrected chi connectivity index (χ2v) is 5.77. The Morgan fingerprint density at radius 3 is 3.05 bits per heavy atom. The predicted molar refractivity (Wildman–Crippen MR) is 80.1 cm³/mol. The maximum atomic E-state index is 9.82. The van der Waals surface area contributed by atoms with Gasteiger partial charge in [-0.2, -0.15) is 0 Å². The fourth-order valence-electron chi connectivity index (χ4n) is 1.83. The summed E-state index contributed by atoms with van der Waals surface area (Å²) in [6.45, 7) is 3.96. The van der Waals surface area contributed by atoms with Crippen molar-refractivity contribution in [3.63, 3.8) is 0 Å². The summed E-state index contributed by atoms with van der Waals surface area (Å²) in [6.07, 6.45) is 1.97. The third kappa shape index (κ3) is 5.16. The van der Waals surface area contributed by atoms with E-state index in [1.807, 2.05) is 24.0 Å². The minimum absolute atomic E-state index is 0.323. The Hall–Kier alpha value is -1.35. The third-order valence-corrected chi connectivity index (χ3v) is 4.09. The lowest BCUT2D eigenvalue weighted by Gasteiger charge is -2.12. The second kappa shape index (κ2) is 8.18. The van der Waals surface area contributed by atoms with E-state index in [0.29, 0.717) is 26.3 Å². The molecule has 0 bridgehead atoms. The second-order valence-electron chi connectivity index (χ2n) is 4.83. The van der Waals surface area contributed by atoms with Gasteiger partial charge in [0.1, 0.15) is 12.2 Å². The van der Waals surface area contributed by atoms with Crippen molar-refractivity contribution < 1.29 is 9.84 Å². The number of aliphatic hydroxyl groups is 1. The van der Waals surface area contributed by atoms with Gasteiger partial charge in [-0.15, -0.1) is 21.5 Å². The number of ether oxygens (including phenoxy) is 1. The van der Waals surface area contributed by atoms with Crippen molar-refractivity contribution in [2.75, 3.05) is 19.8 Å². The average molecular weight is 311 g/mol. The molecule has 0 amide bonds. The van der Waals surface area contributed by atoms with Gasteiger partial charge in [-0.05, 0) is 6.92 Å². The molecule has 0 fully saturated rings. The van der Waals surface area contributed by atoms with E-state index in [1.165, 1.54) is 4.88 Å². The minimum Gasteiger partial charge on any atom is -0.389 e. The zero-order valence-electron chi connectivity index (χ0n) is 12.3. The number of nitrogens with zero attached hydrogens (tertiary/aromatic N) is 4. The van der Waals surface area contributed by atoms with E-state index in [2.05, 4.69) is 20.5 Å².